The number of anilines is 2. The van der Waals surface area contributed by atoms with Gasteiger partial charge in [0.1, 0.15) is 5.69 Å². The van der Waals surface area contributed by atoms with Gasteiger partial charge in [-0.2, -0.15) is 5.10 Å². The minimum Gasteiger partial charge on any atom is -0.370 e. The third-order valence-electron chi connectivity index (χ3n) is 6.95. The third-order valence-corrected chi connectivity index (χ3v) is 6.95. The van der Waals surface area contributed by atoms with E-state index >= 15 is 0 Å². The number of nitrogens with zero attached hydrogens (tertiary/aromatic N) is 3. The molecule has 0 radical (unpaired) electrons. The third kappa shape index (κ3) is 5.40. The number of pyridine rings is 1. The number of hydrogen-bond donors (Lipinski definition) is 2. The van der Waals surface area contributed by atoms with Crippen LogP contribution in [-0.4, -0.2) is 28.3 Å². The SMILES string of the molecule is C=C(Nc1ccc(CCCCC)cc1)c1n[nH]c2ccc(-c3cncc(N4CCCCC4)c3)cc12. The van der Waals surface area contributed by atoms with Crippen molar-refractivity contribution in [2.24, 2.45) is 0 Å². The summed E-state index contributed by atoms with van der Waals surface area (Å²) >= 11 is 0. The van der Waals surface area contributed by atoms with Crippen LogP contribution in [0.15, 0.2) is 67.5 Å². The van der Waals surface area contributed by atoms with Gasteiger partial charge in [-0.3, -0.25) is 10.1 Å². The standard InChI is InChI=1S/C30H35N5/c1-3-4-6-9-23-10-13-26(14-11-23)32-22(2)30-28-19-24(12-15-29(28)33-34-30)25-18-27(21-31-20-25)35-16-7-5-8-17-35/h10-15,18-21,32H,2-9,16-17H2,1H3,(H,33,34). The van der Waals surface area contributed by atoms with Crippen LogP contribution in [0.2, 0.25) is 0 Å². The van der Waals surface area contributed by atoms with Crippen LogP contribution < -0.4 is 10.2 Å². The van der Waals surface area contributed by atoms with Gasteiger partial charge in [-0.1, -0.05) is 44.5 Å². The molecule has 3 heterocycles. The van der Waals surface area contributed by atoms with E-state index in [0.29, 0.717) is 0 Å². The number of aryl methyl sites for hydroxylation is 1. The van der Waals surface area contributed by atoms with Crippen molar-refractivity contribution in [2.45, 2.75) is 51.9 Å². The number of hydrogen-bond acceptors (Lipinski definition) is 4. The summed E-state index contributed by atoms with van der Waals surface area (Å²) in [4.78, 5) is 7.00. The highest BCUT2D eigenvalue weighted by atomic mass is 15.1. The van der Waals surface area contributed by atoms with Crippen molar-refractivity contribution < 1.29 is 0 Å². The molecular formula is C30H35N5. The average molecular weight is 466 g/mol. The average Bonchev–Trinajstić information content (AvgIpc) is 3.34. The molecule has 0 unspecified atom stereocenters. The predicted molar refractivity (Wildman–Crippen MR) is 148 cm³/mol. The van der Waals surface area contributed by atoms with E-state index in [9.17, 15) is 0 Å². The number of benzene rings is 2. The molecule has 0 aliphatic carbocycles. The van der Waals surface area contributed by atoms with Crippen molar-refractivity contribution in [3.8, 4) is 11.1 Å². The zero-order valence-corrected chi connectivity index (χ0v) is 20.7. The maximum Gasteiger partial charge on any atom is 0.116 e. The fourth-order valence-electron chi connectivity index (χ4n) is 4.90. The quantitative estimate of drug-likeness (QED) is 0.252. The Morgan fingerprint density at radius 3 is 2.60 bits per heavy atom. The van der Waals surface area contributed by atoms with E-state index in [1.165, 1.54) is 49.8 Å². The summed E-state index contributed by atoms with van der Waals surface area (Å²) < 4.78 is 0. The first-order valence-electron chi connectivity index (χ1n) is 12.9. The molecule has 2 aromatic heterocycles. The Balaban J connectivity index is 1.34. The van der Waals surface area contributed by atoms with Crippen molar-refractivity contribution in [3.63, 3.8) is 0 Å². The van der Waals surface area contributed by atoms with Crippen LogP contribution in [0.1, 0.15) is 56.7 Å². The second kappa shape index (κ2) is 10.8. The van der Waals surface area contributed by atoms with E-state index < -0.39 is 0 Å². The number of fused-ring (bicyclic) bond motifs is 1. The van der Waals surface area contributed by atoms with Crippen LogP contribution in [0, 0.1) is 0 Å². The molecule has 1 saturated heterocycles. The molecule has 2 aromatic carbocycles. The summed E-state index contributed by atoms with van der Waals surface area (Å²) in [5.41, 5.74) is 8.50. The second-order valence-corrected chi connectivity index (χ2v) is 9.57. The highest BCUT2D eigenvalue weighted by molar-refractivity contribution is 5.95. The molecule has 0 amide bonds. The molecule has 1 aliphatic rings. The van der Waals surface area contributed by atoms with Gasteiger partial charge >= 0.3 is 0 Å². The van der Waals surface area contributed by atoms with E-state index in [2.05, 4.69) is 87.4 Å². The normalized spacial score (nSPS) is 13.8. The van der Waals surface area contributed by atoms with Crippen LogP contribution in [0.4, 0.5) is 11.4 Å². The van der Waals surface area contributed by atoms with Crippen molar-refractivity contribution in [2.75, 3.05) is 23.3 Å². The maximum atomic E-state index is 4.57. The van der Waals surface area contributed by atoms with Gasteiger partial charge in [-0.05, 0) is 73.6 Å². The number of unbranched alkanes of at least 4 members (excludes halogenated alkanes) is 2. The first-order chi connectivity index (χ1) is 17.2. The van der Waals surface area contributed by atoms with Crippen LogP contribution >= 0.6 is 0 Å². The molecule has 35 heavy (non-hydrogen) atoms. The summed E-state index contributed by atoms with van der Waals surface area (Å²) in [5, 5.41) is 12.2. The number of H-pyrrole nitrogens is 1. The van der Waals surface area contributed by atoms with E-state index in [-0.39, 0.29) is 0 Å². The van der Waals surface area contributed by atoms with Crippen LogP contribution in [-0.2, 0) is 6.42 Å². The van der Waals surface area contributed by atoms with Crippen molar-refractivity contribution in [1.82, 2.24) is 15.2 Å². The molecule has 0 saturated carbocycles. The summed E-state index contributed by atoms with van der Waals surface area (Å²) in [6.45, 7) is 8.76. The molecule has 1 aliphatic heterocycles. The number of nitrogens with one attached hydrogen (secondary N) is 2. The molecule has 5 rings (SSSR count). The van der Waals surface area contributed by atoms with Gasteiger partial charge in [0, 0.05) is 35.9 Å². The summed E-state index contributed by atoms with van der Waals surface area (Å²) in [7, 11) is 0. The first kappa shape index (κ1) is 23.2. The highest BCUT2D eigenvalue weighted by Gasteiger charge is 2.14. The summed E-state index contributed by atoms with van der Waals surface area (Å²) in [5.74, 6) is 0. The fourth-order valence-corrected chi connectivity index (χ4v) is 4.90. The van der Waals surface area contributed by atoms with Gasteiger partial charge in [0.2, 0.25) is 0 Å². The minimum atomic E-state index is 0.785. The molecule has 0 bridgehead atoms. The predicted octanol–water partition coefficient (Wildman–Crippen LogP) is 7.43. The van der Waals surface area contributed by atoms with Crippen molar-refractivity contribution >= 4 is 28.0 Å². The number of rotatable bonds is 9. The van der Waals surface area contributed by atoms with Crippen LogP contribution in [0.25, 0.3) is 27.7 Å². The van der Waals surface area contributed by atoms with Gasteiger partial charge in [0.15, 0.2) is 0 Å². The van der Waals surface area contributed by atoms with E-state index in [1.54, 1.807) is 0 Å². The lowest BCUT2D eigenvalue weighted by Crippen LogP contribution is -2.29. The highest BCUT2D eigenvalue weighted by Crippen LogP contribution is 2.30. The zero-order valence-electron chi connectivity index (χ0n) is 20.7. The molecule has 1 fully saturated rings. The van der Waals surface area contributed by atoms with E-state index in [0.717, 1.165) is 58.6 Å². The number of piperidine rings is 1. The molecule has 180 valence electrons. The largest absolute Gasteiger partial charge is 0.370 e. The molecule has 5 heteroatoms. The lowest BCUT2D eigenvalue weighted by Gasteiger charge is -2.28. The van der Waals surface area contributed by atoms with Gasteiger partial charge < -0.3 is 10.2 Å². The van der Waals surface area contributed by atoms with E-state index in [4.69, 9.17) is 0 Å². The fraction of sp³-hybridized carbons (Fsp3) is 0.333. The molecule has 5 nitrogen and oxygen atoms in total. The Bertz CT molecular complexity index is 1280. The smallest absolute Gasteiger partial charge is 0.116 e. The van der Waals surface area contributed by atoms with Crippen molar-refractivity contribution in [1.29, 1.82) is 0 Å². The maximum absolute atomic E-state index is 4.57. The Labute approximate surface area is 208 Å². The molecular weight excluding hydrogens is 430 g/mol. The molecule has 2 N–H and O–H groups in total. The Hall–Kier alpha value is -3.60. The minimum absolute atomic E-state index is 0.785. The van der Waals surface area contributed by atoms with Crippen molar-refractivity contribution in [3.05, 3.63) is 78.8 Å². The second-order valence-electron chi connectivity index (χ2n) is 9.57. The van der Waals surface area contributed by atoms with Gasteiger partial charge in [0.05, 0.1) is 23.1 Å². The lowest BCUT2D eigenvalue weighted by molar-refractivity contribution is 0.577. The van der Waals surface area contributed by atoms with E-state index in [1.807, 2.05) is 12.4 Å². The molecule has 4 aromatic rings. The summed E-state index contributed by atoms with van der Waals surface area (Å²) in [6.07, 6.45) is 12.7. The Kier molecular flexibility index (Phi) is 7.12. The number of aromatic nitrogens is 3. The van der Waals surface area contributed by atoms with Crippen LogP contribution in [0.3, 0.4) is 0 Å². The topological polar surface area (TPSA) is 56.8 Å². The first-order valence-corrected chi connectivity index (χ1v) is 12.9. The molecule has 0 spiro atoms. The van der Waals surface area contributed by atoms with Gasteiger partial charge in [-0.15, -0.1) is 0 Å². The molecule has 0 atom stereocenters. The zero-order chi connectivity index (χ0) is 24.0. The lowest BCUT2D eigenvalue weighted by atomic mass is 10.0. The van der Waals surface area contributed by atoms with Crippen LogP contribution in [0.5, 0.6) is 0 Å². The van der Waals surface area contributed by atoms with Gasteiger partial charge in [-0.25, -0.2) is 0 Å². The summed E-state index contributed by atoms with van der Waals surface area (Å²) in [6, 6.07) is 17.3. The van der Waals surface area contributed by atoms with Gasteiger partial charge in [0.25, 0.3) is 0 Å². The monoisotopic (exact) mass is 465 g/mol. The Morgan fingerprint density at radius 1 is 0.971 bits per heavy atom. The number of aromatic amines is 1. The Morgan fingerprint density at radius 2 is 1.80 bits per heavy atom.